The molecule has 0 aliphatic rings. The summed E-state index contributed by atoms with van der Waals surface area (Å²) < 4.78 is 5.52. The molecule has 1 amide bonds. The zero-order valence-electron chi connectivity index (χ0n) is 12.5. The number of nitrogens with one attached hydrogen (secondary N) is 1. The first-order chi connectivity index (χ1) is 9.57. The summed E-state index contributed by atoms with van der Waals surface area (Å²) in [5.41, 5.74) is 5.28. The van der Waals surface area contributed by atoms with E-state index < -0.39 is 5.41 Å². The van der Waals surface area contributed by atoms with Crippen LogP contribution in [0.25, 0.3) is 0 Å². The molecule has 6 heteroatoms. The molecule has 0 aliphatic heterocycles. The molecular weight excluding hydrogens is 311 g/mol. The highest BCUT2D eigenvalue weighted by atomic mass is 35.5. The molecule has 0 unspecified atom stereocenters. The Bertz CT molecular complexity index is 412. The second-order valence-corrected chi connectivity index (χ2v) is 5.19. The van der Waals surface area contributed by atoms with Crippen molar-refractivity contribution < 1.29 is 9.53 Å². The average Bonchev–Trinajstić information content (AvgIpc) is 2.48. The van der Waals surface area contributed by atoms with Crippen molar-refractivity contribution in [1.82, 2.24) is 5.32 Å². The second-order valence-electron chi connectivity index (χ2n) is 4.75. The van der Waals surface area contributed by atoms with Crippen molar-refractivity contribution in [3.05, 3.63) is 29.3 Å². The van der Waals surface area contributed by atoms with Gasteiger partial charge in [-0.15, -0.1) is 12.4 Å². The Morgan fingerprint density at radius 3 is 2.33 bits per heavy atom. The van der Waals surface area contributed by atoms with Crippen LogP contribution in [0.5, 0.6) is 5.75 Å². The Morgan fingerprint density at radius 1 is 1.29 bits per heavy atom. The van der Waals surface area contributed by atoms with Crippen LogP contribution in [0.1, 0.15) is 26.7 Å². The van der Waals surface area contributed by atoms with Gasteiger partial charge in [0.25, 0.3) is 0 Å². The number of hydrogen-bond donors (Lipinski definition) is 2. The number of halogens is 2. The molecule has 21 heavy (non-hydrogen) atoms. The van der Waals surface area contributed by atoms with Crippen LogP contribution in [-0.4, -0.2) is 25.6 Å². The summed E-state index contributed by atoms with van der Waals surface area (Å²) in [7, 11) is 0. The third-order valence-electron chi connectivity index (χ3n) is 3.70. The highest BCUT2D eigenvalue weighted by Gasteiger charge is 2.32. The highest BCUT2D eigenvalue weighted by molar-refractivity contribution is 6.30. The SMILES string of the molecule is CCC(CC)(CN)C(=O)NCCOc1ccc(Cl)cc1.Cl. The lowest BCUT2D eigenvalue weighted by molar-refractivity contribution is -0.131. The fourth-order valence-corrected chi connectivity index (χ4v) is 2.13. The summed E-state index contributed by atoms with van der Waals surface area (Å²) in [4.78, 5) is 12.2. The highest BCUT2D eigenvalue weighted by Crippen LogP contribution is 2.24. The molecule has 0 atom stereocenters. The molecule has 120 valence electrons. The van der Waals surface area contributed by atoms with E-state index in [0.29, 0.717) is 24.7 Å². The van der Waals surface area contributed by atoms with E-state index >= 15 is 0 Å². The molecule has 0 aromatic heterocycles. The van der Waals surface area contributed by atoms with Gasteiger partial charge in [-0.3, -0.25) is 4.79 Å². The van der Waals surface area contributed by atoms with Gasteiger partial charge in [-0.05, 0) is 37.1 Å². The minimum atomic E-state index is -0.458. The van der Waals surface area contributed by atoms with Gasteiger partial charge < -0.3 is 15.8 Å². The summed E-state index contributed by atoms with van der Waals surface area (Å²) in [6.45, 7) is 5.22. The van der Waals surface area contributed by atoms with Gasteiger partial charge in [-0.1, -0.05) is 25.4 Å². The van der Waals surface area contributed by atoms with Crippen molar-refractivity contribution in [3.8, 4) is 5.75 Å². The molecule has 0 spiro atoms. The van der Waals surface area contributed by atoms with E-state index in [9.17, 15) is 4.79 Å². The van der Waals surface area contributed by atoms with Gasteiger partial charge in [0.15, 0.2) is 0 Å². The number of rotatable bonds is 8. The average molecular weight is 335 g/mol. The maximum absolute atomic E-state index is 12.2. The summed E-state index contributed by atoms with van der Waals surface area (Å²) in [5.74, 6) is 0.740. The Balaban J connectivity index is 0.00000400. The predicted molar refractivity (Wildman–Crippen MR) is 89.3 cm³/mol. The van der Waals surface area contributed by atoms with E-state index in [-0.39, 0.29) is 18.3 Å². The molecule has 4 nitrogen and oxygen atoms in total. The number of carbonyl (C=O) groups excluding carboxylic acids is 1. The molecule has 1 rings (SSSR count). The topological polar surface area (TPSA) is 64.4 Å². The van der Waals surface area contributed by atoms with E-state index in [0.717, 1.165) is 18.6 Å². The van der Waals surface area contributed by atoms with Crippen molar-refractivity contribution in [2.75, 3.05) is 19.7 Å². The van der Waals surface area contributed by atoms with E-state index in [2.05, 4.69) is 5.32 Å². The number of ether oxygens (including phenoxy) is 1. The zero-order valence-corrected chi connectivity index (χ0v) is 14.1. The number of benzene rings is 1. The van der Waals surface area contributed by atoms with Crippen LogP contribution < -0.4 is 15.8 Å². The number of hydrogen-bond acceptors (Lipinski definition) is 3. The lowest BCUT2D eigenvalue weighted by Crippen LogP contribution is -2.46. The van der Waals surface area contributed by atoms with Crippen molar-refractivity contribution in [2.24, 2.45) is 11.1 Å². The Kier molecular flexibility index (Phi) is 9.42. The lowest BCUT2D eigenvalue weighted by atomic mass is 9.81. The smallest absolute Gasteiger partial charge is 0.227 e. The molecule has 0 saturated heterocycles. The van der Waals surface area contributed by atoms with E-state index in [1.54, 1.807) is 24.3 Å². The third kappa shape index (κ3) is 5.73. The van der Waals surface area contributed by atoms with Gasteiger partial charge in [-0.2, -0.15) is 0 Å². The quantitative estimate of drug-likeness (QED) is 0.718. The molecule has 0 bridgehead atoms. The largest absolute Gasteiger partial charge is 0.492 e. The molecule has 0 saturated carbocycles. The summed E-state index contributed by atoms with van der Waals surface area (Å²) in [6, 6.07) is 7.13. The summed E-state index contributed by atoms with van der Waals surface area (Å²) >= 11 is 5.79. The van der Waals surface area contributed by atoms with Crippen LogP contribution in [0.3, 0.4) is 0 Å². The minimum Gasteiger partial charge on any atom is -0.492 e. The molecule has 0 aliphatic carbocycles. The Labute approximate surface area is 137 Å². The third-order valence-corrected chi connectivity index (χ3v) is 3.95. The molecular formula is C15H24Cl2N2O2. The fourth-order valence-electron chi connectivity index (χ4n) is 2.00. The number of amides is 1. The van der Waals surface area contributed by atoms with Crippen LogP contribution in [0, 0.1) is 5.41 Å². The first kappa shape index (κ1) is 20.0. The maximum Gasteiger partial charge on any atom is 0.227 e. The monoisotopic (exact) mass is 334 g/mol. The number of nitrogens with two attached hydrogens (primary N) is 1. The van der Waals surface area contributed by atoms with Crippen molar-refractivity contribution in [1.29, 1.82) is 0 Å². The van der Waals surface area contributed by atoms with Crippen LogP contribution in [0.15, 0.2) is 24.3 Å². The van der Waals surface area contributed by atoms with Crippen molar-refractivity contribution in [3.63, 3.8) is 0 Å². The van der Waals surface area contributed by atoms with Crippen LogP contribution in [0.4, 0.5) is 0 Å². The van der Waals surface area contributed by atoms with Gasteiger partial charge >= 0.3 is 0 Å². The predicted octanol–water partition coefficient (Wildman–Crippen LogP) is 3.02. The van der Waals surface area contributed by atoms with Gasteiger partial charge in [0.2, 0.25) is 5.91 Å². The van der Waals surface area contributed by atoms with E-state index in [1.807, 2.05) is 13.8 Å². The van der Waals surface area contributed by atoms with Crippen molar-refractivity contribution >= 4 is 29.9 Å². The van der Waals surface area contributed by atoms with Crippen molar-refractivity contribution in [2.45, 2.75) is 26.7 Å². The Hall–Kier alpha value is -0.970. The van der Waals surface area contributed by atoms with Gasteiger partial charge in [-0.25, -0.2) is 0 Å². The fraction of sp³-hybridized carbons (Fsp3) is 0.533. The lowest BCUT2D eigenvalue weighted by Gasteiger charge is -2.28. The molecule has 1 aromatic carbocycles. The summed E-state index contributed by atoms with van der Waals surface area (Å²) in [6.07, 6.45) is 1.48. The van der Waals surface area contributed by atoms with Crippen LogP contribution in [0.2, 0.25) is 5.02 Å². The molecule has 0 radical (unpaired) electrons. The van der Waals surface area contributed by atoms with Crippen LogP contribution >= 0.6 is 24.0 Å². The number of carbonyl (C=O) groups is 1. The van der Waals surface area contributed by atoms with Crippen LogP contribution in [-0.2, 0) is 4.79 Å². The standard InChI is InChI=1S/C15H23ClN2O2.ClH/c1-3-15(4-2,11-17)14(19)18-9-10-20-13-7-5-12(16)6-8-13;/h5-8H,3-4,9-11,17H2,1-2H3,(H,18,19);1H. The molecule has 0 heterocycles. The van der Waals surface area contributed by atoms with Gasteiger partial charge in [0, 0.05) is 11.6 Å². The zero-order chi connectivity index (χ0) is 15.0. The van der Waals surface area contributed by atoms with E-state index in [1.165, 1.54) is 0 Å². The van der Waals surface area contributed by atoms with Gasteiger partial charge in [0.05, 0.1) is 12.0 Å². The normalized spacial score (nSPS) is 10.7. The first-order valence-electron chi connectivity index (χ1n) is 6.94. The molecule has 3 N–H and O–H groups in total. The Morgan fingerprint density at radius 2 is 1.86 bits per heavy atom. The molecule has 0 fully saturated rings. The van der Waals surface area contributed by atoms with E-state index in [4.69, 9.17) is 22.1 Å². The summed E-state index contributed by atoms with van der Waals surface area (Å²) in [5, 5.41) is 3.56. The molecule has 1 aromatic rings. The van der Waals surface area contributed by atoms with Gasteiger partial charge in [0.1, 0.15) is 12.4 Å². The maximum atomic E-state index is 12.2. The minimum absolute atomic E-state index is 0. The second kappa shape index (κ2) is 9.87. The first-order valence-corrected chi connectivity index (χ1v) is 7.32.